The first-order valence-electron chi connectivity index (χ1n) is 6.05. The lowest BCUT2D eigenvalue weighted by Gasteiger charge is -2.22. The van der Waals surface area contributed by atoms with Crippen LogP contribution < -0.4 is 10.5 Å². The maximum Gasteiger partial charge on any atom is 0.401 e. The van der Waals surface area contributed by atoms with E-state index in [4.69, 9.17) is 10.5 Å². The number of likely N-dealkylation sites (N-methyl/N-ethyl adjacent to an activating group) is 1. The molecule has 0 saturated carbocycles. The molecule has 3 nitrogen and oxygen atoms in total. The molecule has 1 aromatic rings. The SMILES string of the molecule is CCOc1ccc(C(N)CN(C)CC(F)(F)F)cc1. The van der Waals surface area contributed by atoms with Crippen molar-refractivity contribution in [2.45, 2.75) is 19.1 Å². The summed E-state index contributed by atoms with van der Waals surface area (Å²) in [6.45, 7) is 1.64. The van der Waals surface area contributed by atoms with Gasteiger partial charge in [0.05, 0.1) is 13.2 Å². The summed E-state index contributed by atoms with van der Waals surface area (Å²) in [4.78, 5) is 1.17. The molecule has 0 heterocycles. The molecule has 0 aliphatic carbocycles. The van der Waals surface area contributed by atoms with Crippen LogP contribution in [-0.2, 0) is 0 Å². The van der Waals surface area contributed by atoms with Crippen molar-refractivity contribution in [1.82, 2.24) is 4.90 Å². The van der Waals surface area contributed by atoms with E-state index in [2.05, 4.69) is 0 Å². The van der Waals surface area contributed by atoms with Crippen molar-refractivity contribution in [2.24, 2.45) is 5.73 Å². The highest BCUT2D eigenvalue weighted by atomic mass is 19.4. The molecule has 0 bridgehead atoms. The summed E-state index contributed by atoms with van der Waals surface area (Å²) in [5.41, 5.74) is 6.68. The summed E-state index contributed by atoms with van der Waals surface area (Å²) in [6.07, 6.45) is -4.20. The number of rotatable bonds is 6. The average molecular weight is 276 g/mol. The van der Waals surface area contributed by atoms with Crippen molar-refractivity contribution in [3.8, 4) is 5.75 Å². The van der Waals surface area contributed by atoms with Gasteiger partial charge in [-0.25, -0.2) is 0 Å². The maximum atomic E-state index is 12.2. The maximum absolute atomic E-state index is 12.2. The Morgan fingerprint density at radius 2 is 1.84 bits per heavy atom. The van der Waals surface area contributed by atoms with E-state index in [0.29, 0.717) is 6.61 Å². The van der Waals surface area contributed by atoms with Gasteiger partial charge < -0.3 is 10.5 Å². The minimum atomic E-state index is -4.20. The molecular weight excluding hydrogens is 257 g/mol. The first kappa shape index (κ1) is 15.8. The van der Waals surface area contributed by atoms with E-state index in [1.807, 2.05) is 6.92 Å². The van der Waals surface area contributed by atoms with Crippen molar-refractivity contribution in [3.05, 3.63) is 29.8 Å². The van der Waals surface area contributed by atoms with E-state index >= 15 is 0 Å². The lowest BCUT2D eigenvalue weighted by molar-refractivity contribution is -0.143. The normalized spacial score (nSPS) is 13.6. The number of benzene rings is 1. The fourth-order valence-electron chi connectivity index (χ4n) is 1.79. The minimum Gasteiger partial charge on any atom is -0.494 e. The van der Waals surface area contributed by atoms with Crippen molar-refractivity contribution in [2.75, 3.05) is 26.7 Å². The van der Waals surface area contributed by atoms with Gasteiger partial charge in [-0.2, -0.15) is 13.2 Å². The minimum absolute atomic E-state index is 0.146. The van der Waals surface area contributed by atoms with Crippen LogP contribution in [0.25, 0.3) is 0 Å². The summed E-state index contributed by atoms with van der Waals surface area (Å²) in [7, 11) is 1.40. The third-order valence-electron chi connectivity index (χ3n) is 2.58. The Morgan fingerprint density at radius 1 is 1.26 bits per heavy atom. The lowest BCUT2D eigenvalue weighted by Crippen LogP contribution is -2.36. The van der Waals surface area contributed by atoms with Crippen molar-refractivity contribution in [1.29, 1.82) is 0 Å². The van der Waals surface area contributed by atoms with Crippen LogP contribution in [0, 0.1) is 0 Å². The van der Waals surface area contributed by atoms with Crippen molar-refractivity contribution < 1.29 is 17.9 Å². The molecular formula is C13H19F3N2O. The Bertz CT molecular complexity index is 378. The molecule has 0 saturated heterocycles. The molecule has 0 aliphatic rings. The Labute approximate surface area is 111 Å². The van der Waals surface area contributed by atoms with Crippen LogP contribution in [0.1, 0.15) is 18.5 Å². The van der Waals surface area contributed by atoms with Gasteiger partial charge in [-0.15, -0.1) is 0 Å². The van der Waals surface area contributed by atoms with Crippen LogP contribution in [0.3, 0.4) is 0 Å². The molecule has 2 N–H and O–H groups in total. The molecule has 1 aromatic carbocycles. The Balaban J connectivity index is 2.55. The number of hydrogen-bond donors (Lipinski definition) is 1. The molecule has 6 heteroatoms. The van der Waals surface area contributed by atoms with E-state index in [9.17, 15) is 13.2 Å². The van der Waals surface area contributed by atoms with Crippen LogP contribution in [-0.4, -0.2) is 37.8 Å². The van der Waals surface area contributed by atoms with Gasteiger partial charge in [-0.3, -0.25) is 4.90 Å². The zero-order valence-corrected chi connectivity index (χ0v) is 11.1. The first-order valence-corrected chi connectivity index (χ1v) is 6.05. The number of halogens is 3. The summed E-state index contributed by atoms with van der Waals surface area (Å²) in [5, 5.41) is 0. The number of nitrogens with two attached hydrogens (primary N) is 1. The largest absolute Gasteiger partial charge is 0.494 e. The van der Waals surface area contributed by atoms with Gasteiger partial charge in [0.1, 0.15) is 5.75 Å². The Kier molecular flexibility index (Phi) is 5.62. The van der Waals surface area contributed by atoms with Gasteiger partial charge in [-0.1, -0.05) is 12.1 Å². The molecule has 0 spiro atoms. The molecule has 0 aliphatic heterocycles. The standard InChI is InChI=1S/C13H19F3N2O/c1-3-19-11-6-4-10(5-7-11)12(17)8-18(2)9-13(14,15)16/h4-7,12H,3,8-9,17H2,1-2H3. The second-order valence-corrected chi connectivity index (χ2v) is 4.42. The summed E-state index contributed by atoms with van der Waals surface area (Å²) < 4.78 is 41.9. The molecule has 0 fully saturated rings. The third-order valence-corrected chi connectivity index (χ3v) is 2.58. The zero-order chi connectivity index (χ0) is 14.5. The second kappa shape index (κ2) is 6.77. The smallest absolute Gasteiger partial charge is 0.401 e. The average Bonchev–Trinajstić information content (AvgIpc) is 2.27. The number of ether oxygens (including phenoxy) is 1. The van der Waals surface area contributed by atoms with Gasteiger partial charge in [0.15, 0.2) is 0 Å². The molecule has 108 valence electrons. The summed E-state index contributed by atoms with van der Waals surface area (Å²) in [5.74, 6) is 0.724. The fraction of sp³-hybridized carbons (Fsp3) is 0.538. The molecule has 1 atom stereocenters. The van der Waals surface area contributed by atoms with Crippen molar-refractivity contribution in [3.63, 3.8) is 0 Å². The first-order chi connectivity index (χ1) is 8.81. The predicted octanol–water partition coefficient (Wildman–Crippen LogP) is 2.58. The molecule has 1 rings (SSSR count). The quantitative estimate of drug-likeness (QED) is 0.868. The van der Waals surface area contributed by atoms with Gasteiger partial charge in [0, 0.05) is 12.6 Å². The van der Waals surface area contributed by atoms with Gasteiger partial charge in [0.2, 0.25) is 0 Å². The van der Waals surface area contributed by atoms with Gasteiger partial charge in [-0.05, 0) is 31.7 Å². The van der Waals surface area contributed by atoms with E-state index in [-0.39, 0.29) is 6.54 Å². The van der Waals surface area contributed by atoms with E-state index < -0.39 is 18.8 Å². The number of alkyl halides is 3. The molecule has 1 unspecified atom stereocenters. The van der Waals surface area contributed by atoms with E-state index in [1.54, 1.807) is 24.3 Å². The molecule has 0 radical (unpaired) electrons. The fourth-order valence-corrected chi connectivity index (χ4v) is 1.79. The topological polar surface area (TPSA) is 38.5 Å². The van der Waals surface area contributed by atoms with Gasteiger partial charge >= 0.3 is 6.18 Å². The number of nitrogens with zero attached hydrogens (tertiary/aromatic N) is 1. The van der Waals surface area contributed by atoms with Crippen LogP contribution in [0.2, 0.25) is 0 Å². The monoisotopic (exact) mass is 276 g/mol. The van der Waals surface area contributed by atoms with Crippen LogP contribution in [0.15, 0.2) is 24.3 Å². The Morgan fingerprint density at radius 3 is 2.32 bits per heavy atom. The Hall–Kier alpha value is -1.27. The highest BCUT2D eigenvalue weighted by Crippen LogP contribution is 2.19. The second-order valence-electron chi connectivity index (χ2n) is 4.42. The number of hydrogen-bond acceptors (Lipinski definition) is 3. The van der Waals surface area contributed by atoms with Crippen LogP contribution in [0.4, 0.5) is 13.2 Å². The highest BCUT2D eigenvalue weighted by Gasteiger charge is 2.29. The summed E-state index contributed by atoms with van der Waals surface area (Å²) >= 11 is 0. The molecule has 19 heavy (non-hydrogen) atoms. The van der Waals surface area contributed by atoms with Crippen LogP contribution >= 0.6 is 0 Å². The summed E-state index contributed by atoms with van der Waals surface area (Å²) in [6, 6.07) is 6.63. The highest BCUT2D eigenvalue weighted by molar-refractivity contribution is 5.29. The van der Waals surface area contributed by atoms with E-state index in [1.165, 1.54) is 11.9 Å². The third kappa shape index (κ3) is 5.94. The predicted molar refractivity (Wildman–Crippen MR) is 68.1 cm³/mol. The lowest BCUT2D eigenvalue weighted by atomic mass is 10.1. The van der Waals surface area contributed by atoms with E-state index in [0.717, 1.165) is 11.3 Å². The molecule has 0 aromatic heterocycles. The van der Waals surface area contributed by atoms with Crippen LogP contribution in [0.5, 0.6) is 5.75 Å². The molecule has 0 amide bonds. The van der Waals surface area contributed by atoms with Gasteiger partial charge in [0.25, 0.3) is 0 Å². The van der Waals surface area contributed by atoms with Crippen molar-refractivity contribution >= 4 is 0 Å². The zero-order valence-electron chi connectivity index (χ0n) is 11.1.